The molecular weight excluding hydrogens is 276 g/mol. The fraction of sp³-hybridized carbons (Fsp3) is 0.769. The van der Waals surface area contributed by atoms with Crippen molar-refractivity contribution in [2.24, 2.45) is 0 Å². The highest BCUT2D eigenvalue weighted by Crippen LogP contribution is 2.06. The van der Waals surface area contributed by atoms with Crippen LogP contribution in [-0.2, 0) is 22.4 Å². The highest BCUT2D eigenvalue weighted by Gasteiger charge is 2.15. The Bertz CT molecular complexity index is 428. The summed E-state index contributed by atoms with van der Waals surface area (Å²) in [5, 5.41) is 19.2. The van der Waals surface area contributed by atoms with E-state index in [2.05, 4.69) is 15.6 Å². The van der Waals surface area contributed by atoms with Gasteiger partial charge in [-0.25, -0.2) is 9.48 Å². The van der Waals surface area contributed by atoms with Gasteiger partial charge in [0.05, 0.1) is 18.8 Å². The van der Waals surface area contributed by atoms with Crippen LogP contribution in [0.5, 0.6) is 0 Å². The lowest BCUT2D eigenvalue weighted by Gasteiger charge is -2.19. The van der Waals surface area contributed by atoms with Crippen molar-refractivity contribution in [1.29, 1.82) is 0 Å². The fourth-order valence-electron chi connectivity index (χ4n) is 1.48. The summed E-state index contributed by atoms with van der Waals surface area (Å²) < 4.78 is 12.0. The van der Waals surface area contributed by atoms with Crippen LogP contribution in [0.3, 0.4) is 0 Å². The van der Waals surface area contributed by atoms with E-state index in [1.54, 1.807) is 25.5 Å². The van der Waals surface area contributed by atoms with Gasteiger partial charge in [0.2, 0.25) is 0 Å². The minimum Gasteiger partial charge on any atom is -0.444 e. The Hall–Kier alpha value is -1.67. The predicted octanol–water partition coefficient (Wildman–Crippen LogP) is 0.702. The number of amides is 1. The largest absolute Gasteiger partial charge is 0.444 e. The van der Waals surface area contributed by atoms with Gasteiger partial charge in [-0.15, -0.1) is 5.10 Å². The zero-order valence-electron chi connectivity index (χ0n) is 12.8. The second-order valence-electron chi connectivity index (χ2n) is 5.53. The molecule has 0 saturated heterocycles. The van der Waals surface area contributed by atoms with E-state index in [0.29, 0.717) is 26.0 Å². The summed E-state index contributed by atoms with van der Waals surface area (Å²) in [5.74, 6) is 0. The van der Waals surface area contributed by atoms with E-state index in [1.807, 2.05) is 6.20 Å². The SMILES string of the molecule is CC(C)(C)OC(=O)NCOCCn1cc(CCCO)nn1. The van der Waals surface area contributed by atoms with Crippen molar-refractivity contribution in [2.75, 3.05) is 19.9 Å². The molecule has 8 heteroatoms. The molecule has 0 bridgehead atoms. The van der Waals surface area contributed by atoms with Gasteiger partial charge in [0.1, 0.15) is 12.3 Å². The molecule has 0 spiro atoms. The Balaban J connectivity index is 2.11. The number of carbonyl (C=O) groups excluding carboxylic acids is 1. The molecule has 1 aromatic heterocycles. The number of alkyl carbamates (subject to hydrolysis) is 1. The number of aliphatic hydroxyl groups excluding tert-OH is 1. The van der Waals surface area contributed by atoms with E-state index in [4.69, 9.17) is 14.6 Å². The van der Waals surface area contributed by atoms with Crippen molar-refractivity contribution in [2.45, 2.75) is 45.8 Å². The van der Waals surface area contributed by atoms with Crippen molar-refractivity contribution in [3.63, 3.8) is 0 Å². The van der Waals surface area contributed by atoms with E-state index >= 15 is 0 Å². The average Bonchev–Trinajstić information content (AvgIpc) is 2.81. The maximum Gasteiger partial charge on any atom is 0.409 e. The van der Waals surface area contributed by atoms with E-state index in [-0.39, 0.29) is 13.3 Å². The first-order valence-electron chi connectivity index (χ1n) is 6.95. The zero-order valence-corrected chi connectivity index (χ0v) is 12.8. The molecule has 0 radical (unpaired) electrons. The van der Waals surface area contributed by atoms with Crippen LogP contribution in [-0.4, -0.2) is 51.7 Å². The number of nitrogens with zero attached hydrogens (tertiary/aromatic N) is 3. The third kappa shape index (κ3) is 8.26. The normalized spacial score (nSPS) is 11.4. The Morgan fingerprint density at radius 2 is 2.24 bits per heavy atom. The van der Waals surface area contributed by atoms with Gasteiger partial charge in [-0.2, -0.15) is 0 Å². The summed E-state index contributed by atoms with van der Waals surface area (Å²) >= 11 is 0. The maximum atomic E-state index is 11.3. The number of hydrogen-bond donors (Lipinski definition) is 2. The number of ether oxygens (including phenoxy) is 2. The Morgan fingerprint density at radius 3 is 2.90 bits per heavy atom. The lowest BCUT2D eigenvalue weighted by Crippen LogP contribution is -2.34. The number of nitrogens with one attached hydrogen (secondary N) is 1. The molecule has 120 valence electrons. The van der Waals surface area contributed by atoms with Crippen molar-refractivity contribution in [3.8, 4) is 0 Å². The summed E-state index contributed by atoms with van der Waals surface area (Å²) in [5.41, 5.74) is 0.325. The molecule has 1 rings (SSSR count). The minimum absolute atomic E-state index is 0.0843. The van der Waals surface area contributed by atoms with Gasteiger partial charge < -0.3 is 14.6 Å². The number of aliphatic hydroxyl groups is 1. The van der Waals surface area contributed by atoms with Crippen LogP contribution in [0.15, 0.2) is 6.20 Å². The second kappa shape index (κ2) is 8.58. The molecule has 1 aromatic rings. The standard InChI is InChI=1S/C13H24N4O4/c1-13(2,3)21-12(19)14-10-20-8-6-17-9-11(15-16-17)5-4-7-18/h9,18H,4-8,10H2,1-3H3,(H,14,19). The number of rotatable bonds is 8. The lowest BCUT2D eigenvalue weighted by molar-refractivity contribution is 0.0382. The summed E-state index contributed by atoms with van der Waals surface area (Å²) in [6.07, 6.45) is 2.70. The summed E-state index contributed by atoms with van der Waals surface area (Å²) in [6.45, 7) is 6.57. The number of aryl methyl sites for hydroxylation is 1. The van der Waals surface area contributed by atoms with Gasteiger partial charge in [-0.05, 0) is 33.6 Å². The van der Waals surface area contributed by atoms with Crippen LogP contribution in [0.2, 0.25) is 0 Å². The van der Waals surface area contributed by atoms with Gasteiger partial charge in [0.25, 0.3) is 0 Å². The third-order valence-corrected chi connectivity index (χ3v) is 2.36. The van der Waals surface area contributed by atoms with Crippen LogP contribution in [0.25, 0.3) is 0 Å². The zero-order chi connectivity index (χ0) is 15.7. The molecule has 0 atom stereocenters. The number of hydrogen-bond acceptors (Lipinski definition) is 6. The second-order valence-corrected chi connectivity index (χ2v) is 5.53. The van der Waals surface area contributed by atoms with Gasteiger partial charge in [-0.3, -0.25) is 5.32 Å². The molecule has 8 nitrogen and oxygen atoms in total. The highest BCUT2D eigenvalue weighted by molar-refractivity contribution is 5.67. The average molecular weight is 300 g/mol. The maximum absolute atomic E-state index is 11.3. The van der Waals surface area contributed by atoms with Crippen molar-refractivity contribution < 1.29 is 19.4 Å². The van der Waals surface area contributed by atoms with Gasteiger partial charge in [0, 0.05) is 12.8 Å². The fourth-order valence-corrected chi connectivity index (χ4v) is 1.48. The molecule has 0 aliphatic rings. The number of carbonyl (C=O) groups is 1. The smallest absolute Gasteiger partial charge is 0.409 e. The Labute approximate surface area is 124 Å². The van der Waals surface area contributed by atoms with Crippen molar-refractivity contribution in [3.05, 3.63) is 11.9 Å². The molecule has 0 unspecified atom stereocenters. The summed E-state index contributed by atoms with van der Waals surface area (Å²) in [6, 6.07) is 0. The minimum atomic E-state index is -0.518. The Kier molecular flexibility index (Phi) is 7.10. The van der Waals surface area contributed by atoms with Crippen LogP contribution < -0.4 is 5.32 Å². The van der Waals surface area contributed by atoms with Gasteiger partial charge >= 0.3 is 6.09 Å². The van der Waals surface area contributed by atoms with Crippen LogP contribution >= 0.6 is 0 Å². The Morgan fingerprint density at radius 1 is 1.48 bits per heavy atom. The number of aromatic nitrogens is 3. The first-order valence-corrected chi connectivity index (χ1v) is 6.95. The quantitative estimate of drug-likeness (QED) is 0.542. The molecule has 21 heavy (non-hydrogen) atoms. The van der Waals surface area contributed by atoms with Crippen molar-refractivity contribution >= 4 is 6.09 Å². The van der Waals surface area contributed by atoms with Gasteiger partial charge in [-0.1, -0.05) is 5.21 Å². The van der Waals surface area contributed by atoms with Crippen LogP contribution in [0.1, 0.15) is 32.9 Å². The van der Waals surface area contributed by atoms with Crippen molar-refractivity contribution in [1.82, 2.24) is 20.3 Å². The van der Waals surface area contributed by atoms with Crippen LogP contribution in [0.4, 0.5) is 4.79 Å². The molecule has 2 N–H and O–H groups in total. The van der Waals surface area contributed by atoms with Crippen LogP contribution in [0, 0.1) is 0 Å². The highest BCUT2D eigenvalue weighted by atomic mass is 16.6. The first kappa shape index (κ1) is 17.4. The van der Waals surface area contributed by atoms with E-state index in [1.165, 1.54) is 0 Å². The molecule has 0 fully saturated rings. The summed E-state index contributed by atoms with van der Waals surface area (Å²) in [4.78, 5) is 11.3. The predicted molar refractivity (Wildman–Crippen MR) is 75.6 cm³/mol. The molecule has 0 aliphatic heterocycles. The topological polar surface area (TPSA) is 98.5 Å². The first-order chi connectivity index (χ1) is 9.90. The molecule has 0 aromatic carbocycles. The monoisotopic (exact) mass is 300 g/mol. The molecular formula is C13H24N4O4. The van der Waals surface area contributed by atoms with Gasteiger partial charge in [0.15, 0.2) is 0 Å². The lowest BCUT2D eigenvalue weighted by atomic mass is 10.2. The van der Waals surface area contributed by atoms with E-state index in [0.717, 1.165) is 5.69 Å². The molecule has 0 saturated carbocycles. The van der Waals surface area contributed by atoms with E-state index in [9.17, 15) is 4.79 Å². The van der Waals surface area contributed by atoms with E-state index < -0.39 is 11.7 Å². The third-order valence-electron chi connectivity index (χ3n) is 2.36. The molecule has 1 heterocycles. The molecule has 0 aliphatic carbocycles. The molecule has 1 amide bonds. The summed E-state index contributed by atoms with van der Waals surface area (Å²) in [7, 11) is 0.